The van der Waals surface area contributed by atoms with Crippen molar-refractivity contribution in [2.75, 3.05) is 10.7 Å². The molecular weight excluding hydrogens is 284 g/mol. The Labute approximate surface area is 126 Å². The van der Waals surface area contributed by atoms with Crippen molar-refractivity contribution >= 4 is 33.9 Å². The molecule has 5 nitrogen and oxygen atoms in total. The summed E-state index contributed by atoms with van der Waals surface area (Å²) in [6.45, 7) is 0. The summed E-state index contributed by atoms with van der Waals surface area (Å²) in [7, 11) is 0. The molecule has 0 radical (unpaired) electrons. The van der Waals surface area contributed by atoms with E-state index in [2.05, 4.69) is 15.7 Å². The minimum Gasteiger partial charge on any atom is -0.331 e. The van der Waals surface area contributed by atoms with Crippen molar-refractivity contribution in [1.29, 1.82) is 0 Å². The van der Waals surface area contributed by atoms with Crippen LogP contribution in [0.15, 0.2) is 65.7 Å². The van der Waals surface area contributed by atoms with E-state index in [-0.39, 0.29) is 5.56 Å². The van der Waals surface area contributed by atoms with Gasteiger partial charge < -0.3 is 5.32 Å². The first kappa shape index (κ1) is 13.3. The molecule has 0 bridgehead atoms. The van der Waals surface area contributed by atoms with E-state index in [0.29, 0.717) is 16.0 Å². The molecule has 2 aromatic carbocycles. The van der Waals surface area contributed by atoms with Gasteiger partial charge in [-0.05, 0) is 36.5 Å². The fraction of sp³-hybridized carbons (Fsp3) is 0. The zero-order valence-electron chi connectivity index (χ0n) is 11.0. The Morgan fingerprint density at radius 1 is 1.05 bits per heavy atom. The largest absolute Gasteiger partial charge is 0.331 e. The Morgan fingerprint density at radius 2 is 1.76 bits per heavy atom. The van der Waals surface area contributed by atoms with Crippen LogP contribution in [0.5, 0.6) is 0 Å². The van der Waals surface area contributed by atoms with Crippen molar-refractivity contribution < 1.29 is 0 Å². The number of fused-ring (bicyclic) bond motifs is 1. The number of benzene rings is 2. The number of rotatable bonds is 2. The predicted octanol–water partition coefficient (Wildman–Crippen LogP) is 2.34. The Bertz CT molecular complexity index is 845. The standard InChI is InChI=1S/C15H12N4OS/c20-14-12-8-4-5-9-13(12)16-10-19(14)18-15(21)17-11-6-2-1-3-7-11/h1-10H,(H2,17,18,21). The second kappa shape index (κ2) is 5.72. The highest BCUT2D eigenvalue weighted by atomic mass is 32.1. The van der Waals surface area contributed by atoms with E-state index in [1.165, 1.54) is 11.0 Å². The third-order valence-corrected chi connectivity index (χ3v) is 3.11. The van der Waals surface area contributed by atoms with Gasteiger partial charge in [0.25, 0.3) is 5.56 Å². The first-order chi connectivity index (χ1) is 10.2. The van der Waals surface area contributed by atoms with Crippen molar-refractivity contribution in [3.8, 4) is 0 Å². The molecule has 0 aliphatic heterocycles. The maximum absolute atomic E-state index is 12.3. The molecule has 1 aromatic heterocycles. The highest BCUT2D eigenvalue weighted by Gasteiger charge is 2.04. The quantitative estimate of drug-likeness (QED) is 0.711. The lowest BCUT2D eigenvalue weighted by atomic mass is 10.2. The SMILES string of the molecule is O=c1c2ccccc2ncn1NC(=S)Nc1ccccc1. The molecule has 3 rings (SSSR count). The molecule has 6 heteroatoms. The number of hydrogen-bond donors (Lipinski definition) is 2. The summed E-state index contributed by atoms with van der Waals surface area (Å²) in [5.41, 5.74) is 4.12. The number of hydrogen-bond acceptors (Lipinski definition) is 3. The Hall–Kier alpha value is -2.73. The van der Waals surface area contributed by atoms with Crippen molar-refractivity contribution in [2.45, 2.75) is 0 Å². The molecule has 21 heavy (non-hydrogen) atoms. The van der Waals surface area contributed by atoms with Crippen molar-refractivity contribution in [2.24, 2.45) is 0 Å². The summed E-state index contributed by atoms with van der Waals surface area (Å²) < 4.78 is 1.26. The number of para-hydroxylation sites is 2. The zero-order valence-corrected chi connectivity index (χ0v) is 11.8. The van der Waals surface area contributed by atoms with Gasteiger partial charge in [-0.2, -0.15) is 0 Å². The highest BCUT2D eigenvalue weighted by Crippen LogP contribution is 2.05. The predicted molar refractivity (Wildman–Crippen MR) is 88.0 cm³/mol. The average Bonchev–Trinajstić information content (AvgIpc) is 2.51. The first-order valence-corrected chi connectivity index (χ1v) is 6.74. The van der Waals surface area contributed by atoms with E-state index in [0.717, 1.165) is 5.69 Å². The monoisotopic (exact) mass is 296 g/mol. The molecule has 0 amide bonds. The zero-order chi connectivity index (χ0) is 14.7. The van der Waals surface area contributed by atoms with Crippen molar-refractivity contribution in [3.05, 3.63) is 71.3 Å². The van der Waals surface area contributed by atoms with Gasteiger partial charge in [-0.1, -0.05) is 30.3 Å². The lowest BCUT2D eigenvalue weighted by Gasteiger charge is -2.12. The van der Waals surface area contributed by atoms with Crippen molar-refractivity contribution in [3.63, 3.8) is 0 Å². The molecule has 104 valence electrons. The van der Waals surface area contributed by atoms with Crippen LogP contribution < -0.4 is 16.3 Å². The van der Waals surface area contributed by atoms with Gasteiger partial charge in [0, 0.05) is 5.69 Å². The Kier molecular flexibility index (Phi) is 3.61. The minimum absolute atomic E-state index is 0.196. The second-order valence-electron chi connectivity index (χ2n) is 4.37. The van der Waals surface area contributed by atoms with Gasteiger partial charge in [0.2, 0.25) is 0 Å². The molecule has 0 spiro atoms. The molecular formula is C15H12N4OS. The van der Waals surface area contributed by atoms with Gasteiger partial charge in [-0.25, -0.2) is 9.66 Å². The summed E-state index contributed by atoms with van der Waals surface area (Å²) in [5.74, 6) is 0. The fourth-order valence-corrected chi connectivity index (χ4v) is 2.15. The minimum atomic E-state index is -0.196. The van der Waals surface area contributed by atoms with Crippen LogP contribution in [0, 0.1) is 0 Å². The van der Waals surface area contributed by atoms with Crippen LogP contribution in [0.2, 0.25) is 0 Å². The molecule has 0 saturated heterocycles. The van der Waals surface area contributed by atoms with E-state index in [9.17, 15) is 4.79 Å². The number of nitrogens with zero attached hydrogens (tertiary/aromatic N) is 2. The van der Waals surface area contributed by atoms with Crippen LogP contribution in [0.3, 0.4) is 0 Å². The molecule has 0 aliphatic rings. The van der Waals surface area contributed by atoms with Crippen LogP contribution in [0.4, 0.5) is 5.69 Å². The van der Waals surface area contributed by atoms with E-state index < -0.39 is 0 Å². The Balaban J connectivity index is 1.83. The van der Waals surface area contributed by atoms with Gasteiger partial charge in [-0.15, -0.1) is 0 Å². The van der Waals surface area contributed by atoms with Gasteiger partial charge >= 0.3 is 0 Å². The topological polar surface area (TPSA) is 59.0 Å². The fourth-order valence-electron chi connectivity index (χ4n) is 1.94. The molecule has 0 unspecified atom stereocenters. The second-order valence-corrected chi connectivity index (χ2v) is 4.78. The van der Waals surface area contributed by atoms with Crippen molar-refractivity contribution in [1.82, 2.24) is 9.66 Å². The normalized spacial score (nSPS) is 10.3. The maximum atomic E-state index is 12.3. The van der Waals surface area contributed by atoms with E-state index in [1.54, 1.807) is 18.2 Å². The lowest BCUT2D eigenvalue weighted by molar-refractivity contribution is 0.896. The van der Waals surface area contributed by atoms with Gasteiger partial charge in [0.1, 0.15) is 6.33 Å². The number of nitrogens with one attached hydrogen (secondary N) is 2. The molecule has 1 heterocycles. The average molecular weight is 296 g/mol. The molecule has 0 aliphatic carbocycles. The third kappa shape index (κ3) is 2.90. The van der Waals surface area contributed by atoms with E-state index >= 15 is 0 Å². The summed E-state index contributed by atoms with van der Waals surface area (Å²) in [6, 6.07) is 16.6. The van der Waals surface area contributed by atoms with Gasteiger partial charge in [0.05, 0.1) is 10.9 Å². The summed E-state index contributed by atoms with van der Waals surface area (Å²) >= 11 is 5.19. The van der Waals surface area contributed by atoms with Crippen LogP contribution in [-0.4, -0.2) is 14.8 Å². The van der Waals surface area contributed by atoms with Gasteiger partial charge in [0.15, 0.2) is 5.11 Å². The summed E-state index contributed by atoms with van der Waals surface area (Å²) in [6.07, 6.45) is 1.42. The molecule has 3 aromatic rings. The first-order valence-electron chi connectivity index (χ1n) is 6.33. The molecule has 0 saturated carbocycles. The van der Waals surface area contributed by atoms with E-state index in [4.69, 9.17) is 12.2 Å². The summed E-state index contributed by atoms with van der Waals surface area (Å²) in [4.78, 5) is 16.5. The van der Waals surface area contributed by atoms with Crippen LogP contribution in [0.25, 0.3) is 10.9 Å². The Morgan fingerprint density at radius 3 is 2.57 bits per heavy atom. The number of anilines is 1. The van der Waals surface area contributed by atoms with E-state index in [1.807, 2.05) is 36.4 Å². The van der Waals surface area contributed by atoms with Gasteiger partial charge in [-0.3, -0.25) is 10.2 Å². The maximum Gasteiger partial charge on any atom is 0.280 e. The van der Waals surface area contributed by atoms with Crippen LogP contribution in [0.1, 0.15) is 0 Å². The smallest absolute Gasteiger partial charge is 0.280 e. The lowest BCUT2D eigenvalue weighted by Crippen LogP contribution is -2.35. The molecule has 0 fully saturated rings. The van der Waals surface area contributed by atoms with Crippen LogP contribution >= 0.6 is 12.2 Å². The number of thiocarbonyl (C=S) groups is 1. The number of aromatic nitrogens is 2. The van der Waals surface area contributed by atoms with Crippen LogP contribution in [-0.2, 0) is 0 Å². The third-order valence-electron chi connectivity index (χ3n) is 2.92. The molecule has 2 N–H and O–H groups in total. The highest BCUT2D eigenvalue weighted by molar-refractivity contribution is 7.80. The summed E-state index contributed by atoms with van der Waals surface area (Å²) in [5, 5.41) is 3.86. The molecule has 0 atom stereocenters.